The number of hydrogen-bond donors (Lipinski definition) is 1. The maximum absolute atomic E-state index is 12.7. The third kappa shape index (κ3) is 4.23. The van der Waals surface area contributed by atoms with Gasteiger partial charge in [0.05, 0.1) is 4.90 Å². The van der Waals surface area contributed by atoms with Crippen molar-refractivity contribution in [1.29, 1.82) is 0 Å². The number of sulfonamides is 1. The molecule has 1 aromatic rings. The largest absolute Gasteiger partial charge is 0.345 e. The second-order valence-corrected chi connectivity index (χ2v) is 7.58. The van der Waals surface area contributed by atoms with E-state index in [0.29, 0.717) is 18.7 Å². The van der Waals surface area contributed by atoms with Crippen molar-refractivity contribution in [2.24, 2.45) is 0 Å². The van der Waals surface area contributed by atoms with E-state index in [4.69, 9.17) is 0 Å². The van der Waals surface area contributed by atoms with Gasteiger partial charge in [-0.25, -0.2) is 8.42 Å². The SMILES string of the molecule is CNCC1CCCN1S(=O)(=O)c1ccc(C(=O)N(C)C)cc1.Cl. The van der Waals surface area contributed by atoms with Crippen LogP contribution in [0.5, 0.6) is 0 Å². The number of amides is 1. The van der Waals surface area contributed by atoms with Gasteiger partial charge in [0.1, 0.15) is 0 Å². The fraction of sp³-hybridized carbons (Fsp3) is 0.533. The molecule has 6 nitrogen and oxygen atoms in total. The van der Waals surface area contributed by atoms with E-state index in [1.807, 2.05) is 7.05 Å². The zero-order valence-corrected chi connectivity index (χ0v) is 15.3. The van der Waals surface area contributed by atoms with Crippen LogP contribution in [0.4, 0.5) is 0 Å². The van der Waals surface area contributed by atoms with Crippen LogP contribution in [-0.4, -0.2) is 63.8 Å². The molecule has 1 heterocycles. The van der Waals surface area contributed by atoms with Crippen molar-refractivity contribution in [2.45, 2.75) is 23.8 Å². The molecule has 0 spiro atoms. The van der Waals surface area contributed by atoms with E-state index < -0.39 is 10.0 Å². The molecule has 1 atom stereocenters. The Hall–Kier alpha value is -1.15. The van der Waals surface area contributed by atoms with Gasteiger partial charge in [-0.15, -0.1) is 12.4 Å². The lowest BCUT2D eigenvalue weighted by Gasteiger charge is -2.24. The zero-order valence-electron chi connectivity index (χ0n) is 13.7. The molecular weight excluding hydrogens is 338 g/mol. The van der Waals surface area contributed by atoms with Crippen LogP contribution in [0, 0.1) is 0 Å². The van der Waals surface area contributed by atoms with Crippen LogP contribution in [0.25, 0.3) is 0 Å². The van der Waals surface area contributed by atoms with Crippen molar-refractivity contribution in [1.82, 2.24) is 14.5 Å². The summed E-state index contributed by atoms with van der Waals surface area (Å²) >= 11 is 0. The summed E-state index contributed by atoms with van der Waals surface area (Å²) < 4.78 is 27.0. The van der Waals surface area contributed by atoms with Crippen LogP contribution in [0.2, 0.25) is 0 Å². The number of likely N-dealkylation sites (N-methyl/N-ethyl adjacent to an activating group) is 1. The summed E-state index contributed by atoms with van der Waals surface area (Å²) in [6.45, 7) is 1.20. The first kappa shape index (κ1) is 19.9. The summed E-state index contributed by atoms with van der Waals surface area (Å²) in [6, 6.07) is 6.16. The number of nitrogens with zero attached hydrogens (tertiary/aromatic N) is 2. The molecule has 1 aromatic carbocycles. The molecule has 1 N–H and O–H groups in total. The van der Waals surface area contributed by atoms with E-state index in [-0.39, 0.29) is 29.3 Å². The number of hydrogen-bond acceptors (Lipinski definition) is 4. The number of carbonyl (C=O) groups excluding carboxylic acids is 1. The second-order valence-electron chi connectivity index (χ2n) is 5.69. The van der Waals surface area contributed by atoms with Crippen LogP contribution in [0.3, 0.4) is 0 Å². The molecule has 2 rings (SSSR count). The Balaban J connectivity index is 0.00000264. The maximum Gasteiger partial charge on any atom is 0.253 e. The molecule has 1 aliphatic rings. The fourth-order valence-electron chi connectivity index (χ4n) is 2.73. The molecule has 1 amide bonds. The number of halogens is 1. The summed E-state index contributed by atoms with van der Waals surface area (Å²) in [4.78, 5) is 13.6. The lowest BCUT2D eigenvalue weighted by molar-refractivity contribution is 0.0827. The minimum atomic E-state index is -3.50. The number of carbonyl (C=O) groups is 1. The lowest BCUT2D eigenvalue weighted by atomic mass is 10.2. The Morgan fingerprint density at radius 2 is 1.91 bits per heavy atom. The number of nitrogens with one attached hydrogen (secondary N) is 1. The van der Waals surface area contributed by atoms with Gasteiger partial charge < -0.3 is 10.2 Å². The first-order chi connectivity index (χ1) is 10.4. The van der Waals surface area contributed by atoms with Crippen molar-refractivity contribution in [3.05, 3.63) is 29.8 Å². The molecule has 23 heavy (non-hydrogen) atoms. The van der Waals surface area contributed by atoms with Gasteiger partial charge in [0.2, 0.25) is 10.0 Å². The normalized spacial score (nSPS) is 18.5. The van der Waals surface area contributed by atoms with E-state index in [2.05, 4.69) is 5.32 Å². The molecule has 0 bridgehead atoms. The lowest BCUT2D eigenvalue weighted by Crippen LogP contribution is -2.40. The molecule has 1 saturated heterocycles. The highest BCUT2D eigenvalue weighted by Crippen LogP contribution is 2.26. The highest BCUT2D eigenvalue weighted by atomic mass is 35.5. The fourth-order valence-corrected chi connectivity index (χ4v) is 4.42. The third-order valence-electron chi connectivity index (χ3n) is 3.88. The first-order valence-electron chi connectivity index (χ1n) is 7.36. The van der Waals surface area contributed by atoms with Crippen molar-refractivity contribution in [2.75, 3.05) is 34.2 Å². The minimum absolute atomic E-state index is 0. The zero-order chi connectivity index (χ0) is 16.3. The Labute approximate surface area is 144 Å². The summed E-state index contributed by atoms with van der Waals surface area (Å²) in [5, 5.41) is 3.04. The quantitative estimate of drug-likeness (QED) is 0.855. The van der Waals surface area contributed by atoms with Gasteiger partial charge in [-0.2, -0.15) is 4.31 Å². The Kier molecular flexibility index (Phi) is 7.01. The average molecular weight is 362 g/mol. The van der Waals surface area contributed by atoms with Gasteiger partial charge >= 0.3 is 0 Å². The van der Waals surface area contributed by atoms with E-state index in [1.54, 1.807) is 30.5 Å². The van der Waals surface area contributed by atoms with Gasteiger partial charge in [0.15, 0.2) is 0 Å². The van der Waals surface area contributed by atoms with E-state index in [9.17, 15) is 13.2 Å². The number of benzene rings is 1. The maximum atomic E-state index is 12.7. The summed E-state index contributed by atoms with van der Waals surface area (Å²) in [7, 11) is 1.65. The first-order valence-corrected chi connectivity index (χ1v) is 8.80. The smallest absolute Gasteiger partial charge is 0.253 e. The van der Waals surface area contributed by atoms with Gasteiger partial charge in [-0.1, -0.05) is 0 Å². The molecule has 8 heteroatoms. The predicted octanol–water partition coefficient (Wildman–Crippen LogP) is 1.18. The summed E-state index contributed by atoms with van der Waals surface area (Å²) in [5.74, 6) is -0.141. The van der Waals surface area contributed by atoms with E-state index in [0.717, 1.165) is 12.8 Å². The second kappa shape index (κ2) is 8.10. The molecule has 0 aliphatic carbocycles. The Morgan fingerprint density at radius 1 is 1.30 bits per heavy atom. The Morgan fingerprint density at radius 3 is 2.43 bits per heavy atom. The number of rotatable bonds is 5. The topological polar surface area (TPSA) is 69.7 Å². The van der Waals surface area contributed by atoms with Gasteiger partial charge in [-0.05, 0) is 44.2 Å². The monoisotopic (exact) mass is 361 g/mol. The van der Waals surface area contributed by atoms with E-state index in [1.165, 1.54) is 17.0 Å². The summed E-state index contributed by atoms with van der Waals surface area (Å²) in [6.07, 6.45) is 1.75. The highest BCUT2D eigenvalue weighted by Gasteiger charge is 2.34. The van der Waals surface area contributed by atoms with Crippen molar-refractivity contribution in [3.63, 3.8) is 0 Å². The molecule has 1 unspecified atom stereocenters. The third-order valence-corrected chi connectivity index (χ3v) is 5.84. The Bertz CT molecular complexity index is 632. The van der Waals surface area contributed by atoms with Gasteiger partial charge in [0, 0.05) is 38.8 Å². The van der Waals surface area contributed by atoms with Crippen LogP contribution >= 0.6 is 12.4 Å². The van der Waals surface area contributed by atoms with Gasteiger partial charge in [0.25, 0.3) is 5.91 Å². The van der Waals surface area contributed by atoms with Crippen molar-refractivity contribution < 1.29 is 13.2 Å². The molecule has 0 radical (unpaired) electrons. The van der Waals surface area contributed by atoms with E-state index >= 15 is 0 Å². The standard InChI is InChI=1S/C15H23N3O3S.ClH/c1-16-11-13-5-4-10-18(13)22(20,21)14-8-6-12(7-9-14)15(19)17(2)3;/h6-9,13,16H,4-5,10-11H2,1-3H3;1H. The molecular formula is C15H24ClN3O3S. The molecule has 0 aromatic heterocycles. The molecule has 1 aliphatic heterocycles. The van der Waals surface area contributed by atoms with Crippen LogP contribution in [0.1, 0.15) is 23.2 Å². The van der Waals surface area contributed by atoms with Crippen LogP contribution < -0.4 is 5.32 Å². The summed E-state index contributed by atoms with van der Waals surface area (Å²) in [5.41, 5.74) is 0.483. The highest BCUT2D eigenvalue weighted by molar-refractivity contribution is 7.89. The minimum Gasteiger partial charge on any atom is -0.345 e. The van der Waals surface area contributed by atoms with Gasteiger partial charge in [-0.3, -0.25) is 4.79 Å². The van der Waals surface area contributed by atoms with Crippen LogP contribution in [-0.2, 0) is 10.0 Å². The van der Waals surface area contributed by atoms with Crippen LogP contribution in [0.15, 0.2) is 29.2 Å². The predicted molar refractivity (Wildman–Crippen MR) is 92.5 cm³/mol. The van der Waals surface area contributed by atoms with Crippen molar-refractivity contribution >= 4 is 28.3 Å². The average Bonchev–Trinajstić information content (AvgIpc) is 2.96. The molecule has 130 valence electrons. The molecule has 0 saturated carbocycles. The van der Waals surface area contributed by atoms with Crippen molar-refractivity contribution in [3.8, 4) is 0 Å². The molecule has 1 fully saturated rings.